The molecule has 0 radical (unpaired) electrons. The molecule has 0 bridgehead atoms. The number of ether oxygens (including phenoxy) is 1. The summed E-state index contributed by atoms with van der Waals surface area (Å²) in [5.41, 5.74) is 4.83. The summed E-state index contributed by atoms with van der Waals surface area (Å²) in [6.07, 6.45) is 2.87. The minimum Gasteiger partial charge on any atom is -0.489 e. The van der Waals surface area contributed by atoms with Crippen molar-refractivity contribution in [3.05, 3.63) is 75.7 Å². The topological polar surface area (TPSA) is 46.5 Å². The fourth-order valence-electron chi connectivity index (χ4n) is 4.00. The summed E-state index contributed by atoms with van der Waals surface area (Å²) in [5, 5.41) is 10.0. The lowest BCUT2D eigenvalue weighted by molar-refractivity contribution is 0.0696. The van der Waals surface area contributed by atoms with E-state index >= 15 is 0 Å². The van der Waals surface area contributed by atoms with Crippen molar-refractivity contribution in [3.8, 4) is 16.2 Å². The number of aryl methyl sites for hydroxylation is 2. The molecule has 1 aliphatic rings. The van der Waals surface area contributed by atoms with Gasteiger partial charge in [0.05, 0.1) is 5.56 Å². The zero-order valence-corrected chi connectivity index (χ0v) is 17.9. The summed E-state index contributed by atoms with van der Waals surface area (Å²) in [4.78, 5) is 14.3. The number of fused-ring (bicyclic) bond motifs is 1. The average molecular weight is 407 g/mol. The van der Waals surface area contributed by atoms with Gasteiger partial charge in [-0.05, 0) is 60.4 Å². The van der Waals surface area contributed by atoms with Crippen LogP contribution in [0.3, 0.4) is 0 Å². The summed E-state index contributed by atoms with van der Waals surface area (Å²) in [5.74, 6) is -0.0134. The molecule has 1 heterocycles. The molecule has 4 rings (SSSR count). The van der Waals surface area contributed by atoms with Crippen molar-refractivity contribution in [2.45, 2.75) is 46.6 Å². The molecule has 1 aliphatic carbocycles. The molecule has 29 heavy (non-hydrogen) atoms. The molecular formula is C25H26O3S. The molecule has 4 heteroatoms. The molecule has 0 spiro atoms. The number of thiophene rings is 1. The molecule has 2 aromatic carbocycles. The van der Waals surface area contributed by atoms with E-state index in [0.29, 0.717) is 12.2 Å². The van der Waals surface area contributed by atoms with Gasteiger partial charge < -0.3 is 9.84 Å². The van der Waals surface area contributed by atoms with E-state index in [1.54, 1.807) is 11.3 Å². The van der Waals surface area contributed by atoms with Crippen LogP contribution in [-0.4, -0.2) is 11.1 Å². The molecule has 3 aromatic rings. The third kappa shape index (κ3) is 4.08. The highest BCUT2D eigenvalue weighted by atomic mass is 32.1. The van der Waals surface area contributed by atoms with Crippen LogP contribution in [0.15, 0.2) is 48.5 Å². The number of benzene rings is 2. The van der Waals surface area contributed by atoms with Gasteiger partial charge in [0.15, 0.2) is 0 Å². The first-order valence-electron chi connectivity index (χ1n) is 10.00. The van der Waals surface area contributed by atoms with Crippen molar-refractivity contribution in [1.29, 1.82) is 0 Å². The lowest BCUT2D eigenvalue weighted by atomic mass is 9.76. The molecule has 0 atom stereocenters. The summed E-state index contributed by atoms with van der Waals surface area (Å²) < 4.78 is 6.00. The lowest BCUT2D eigenvalue weighted by Crippen LogP contribution is -2.22. The monoisotopic (exact) mass is 406 g/mol. The number of rotatable bonds is 5. The Morgan fingerprint density at radius 3 is 2.59 bits per heavy atom. The van der Waals surface area contributed by atoms with Crippen molar-refractivity contribution in [3.63, 3.8) is 0 Å². The van der Waals surface area contributed by atoms with Gasteiger partial charge in [0.1, 0.15) is 12.4 Å². The van der Waals surface area contributed by atoms with Crippen molar-refractivity contribution in [1.82, 2.24) is 0 Å². The van der Waals surface area contributed by atoms with E-state index in [-0.39, 0.29) is 5.41 Å². The quantitative estimate of drug-likeness (QED) is 0.525. The van der Waals surface area contributed by atoms with E-state index in [0.717, 1.165) is 46.6 Å². The second kappa shape index (κ2) is 7.68. The number of carboxylic acids is 1. The lowest BCUT2D eigenvalue weighted by Gasteiger charge is -2.29. The van der Waals surface area contributed by atoms with E-state index in [4.69, 9.17) is 4.74 Å². The molecule has 1 aromatic heterocycles. The summed E-state index contributed by atoms with van der Waals surface area (Å²) >= 11 is 1.65. The largest absolute Gasteiger partial charge is 0.489 e. The highest BCUT2D eigenvalue weighted by molar-refractivity contribution is 7.16. The van der Waals surface area contributed by atoms with Crippen LogP contribution in [0, 0.1) is 12.3 Å². The zero-order valence-electron chi connectivity index (χ0n) is 17.1. The van der Waals surface area contributed by atoms with Crippen molar-refractivity contribution < 1.29 is 14.6 Å². The molecule has 0 aliphatic heterocycles. The Hall–Kier alpha value is -2.59. The average Bonchev–Trinajstić information content (AvgIpc) is 3.05. The van der Waals surface area contributed by atoms with Gasteiger partial charge in [-0.3, -0.25) is 0 Å². The molecule has 1 N–H and O–H groups in total. The SMILES string of the molecule is Cc1ccc(OCc2ccccc2-c2sc3c(c2C(=O)O)CC(C)(C)CC3)cc1. The number of hydrogen-bond acceptors (Lipinski definition) is 3. The molecule has 3 nitrogen and oxygen atoms in total. The molecule has 0 saturated heterocycles. The first kappa shape index (κ1) is 19.7. The molecule has 0 unspecified atom stereocenters. The van der Waals surface area contributed by atoms with Crippen LogP contribution in [0.4, 0.5) is 0 Å². The number of carbonyl (C=O) groups is 1. The predicted octanol–water partition coefficient (Wildman–Crippen LogP) is 6.52. The number of aromatic carboxylic acids is 1. The second-order valence-corrected chi connectivity index (χ2v) is 9.72. The van der Waals surface area contributed by atoms with Crippen molar-refractivity contribution >= 4 is 17.3 Å². The van der Waals surface area contributed by atoms with Gasteiger partial charge in [-0.2, -0.15) is 0 Å². The van der Waals surface area contributed by atoms with Gasteiger partial charge in [-0.15, -0.1) is 11.3 Å². The predicted molar refractivity (Wildman–Crippen MR) is 118 cm³/mol. The molecule has 0 saturated carbocycles. The van der Waals surface area contributed by atoms with Crippen LogP contribution in [0.5, 0.6) is 5.75 Å². The van der Waals surface area contributed by atoms with E-state index in [2.05, 4.69) is 13.8 Å². The Morgan fingerprint density at radius 2 is 1.86 bits per heavy atom. The van der Waals surface area contributed by atoms with Crippen molar-refractivity contribution in [2.24, 2.45) is 5.41 Å². The molecular weight excluding hydrogens is 380 g/mol. The Bertz CT molecular complexity index is 1040. The normalized spacial score (nSPS) is 15.0. The van der Waals surface area contributed by atoms with Gasteiger partial charge in [0.2, 0.25) is 0 Å². The fourth-order valence-corrected chi connectivity index (χ4v) is 5.37. The van der Waals surface area contributed by atoms with E-state index in [1.807, 2.05) is 55.5 Å². The Morgan fingerprint density at radius 1 is 1.14 bits per heavy atom. The van der Waals surface area contributed by atoms with Gasteiger partial charge in [-0.25, -0.2) is 4.79 Å². The van der Waals surface area contributed by atoms with E-state index < -0.39 is 5.97 Å². The van der Waals surface area contributed by atoms with Crippen LogP contribution in [0.1, 0.15) is 52.2 Å². The first-order valence-corrected chi connectivity index (χ1v) is 10.8. The summed E-state index contributed by atoms with van der Waals surface area (Å²) in [6.45, 7) is 6.91. The number of hydrogen-bond donors (Lipinski definition) is 1. The van der Waals surface area contributed by atoms with Gasteiger partial charge in [0, 0.05) is 9.75 Å². The maximum Gasteiger partial charge on any atom is 0.337 e. The minimum absolute atomic E-state index is 0.142. The Labute approximate surface area is 176 Å². The highest BCUT2D eigenvalue weighted by Gasteiger charge is 2.33. The van der Waals surface area contributed by atoms with E-state index in [9.17, 15) is 9.90 Å². The molecule has 150 valence electrons. The minimum atomic E-state index is -0.829. The second-order valence-electron chi connectivity index (χ2n) is 8.61. The maximum atomic E-state index is 12.2. The third-order valence-electron chi connectivity index (χ3n) is 5.67. The maximum absolute atomic E-state index is 12.2. The Kier molecular flexibility index (Phi) is 5.22. The zero-order chi connectivity index (χ0) is 20.6. The van der Waals surface area contributed by atoms with Gasteiger partial charge in [-0.1, -0.05) is 55.8 Å². The standard InChI is InChI=1S/C25H26O3S/c1-16-8-10-18(11-9-16)28-15-17-6-4-5-7-19(17)23-22(24(26)27)20-14-25(2,3)13-12-21(20)29-23/h4-11H,12-15H2,1-3H3,(H,26,27). The fraction of sp³-hybridized carbons (Fsp3) is 0.320. The molecule has 0 amide bonds. The first-order chi connectivity index (χ1) is 13.8. The van der Waals surface area contributed by atoms with Gasteiger partial charge >= 0.3 is 5.97 Å². The highest BCUT2D eigenvalue weighted by Crippen LogP contribution is 2.45. The summed E-state index contributed by atoms with van der Waals surface area (Å²) in [6, 6.07) is 16.0. The van der Waals surface area contributed by atoms with Crippen LogP contribution < -0.4 is 4.74 Å². The smallest absolute Gasteiger partial charge is 0.337 e. The van der Waals surface area contributed by atoms with Gasteiger partial charge in [0.25, 0.3) is 0 Å². The van der Waals surface area contributed by atoms with Crippen molar-refractivity contribution in [2.75, 3.05) is 0 Å². The Balaban J connectivity index is 1.71. The van der Waals surface area contributed by atoms with Crippen LogP contribution in [0.2, 0.25) is 0 Å². The van der Waals surface area contributed by atoms with Crippen LogP contribution in [0.25, 0.3) is 10.4 Å². The van der Waals surface area contributed by atoms with Crippen LogP contribution in [-0.2, 0) is 19.4 Å². The third-order valence-corrected chi connectivity index (χ3v) is 6.99. The van der Waals surface area contributed by atoms with E-state index in [1.165, 1.54) is 10.4 Å². The number of carboxylic acid groups (broad SMARTS) is 1. The van der Waals surface area contributed by atoms with Crippen LogP contribution >= 0.6 is 11.3 Å². The molecule has 0 fully saturated rings. The summed E-state index contributed by atoms with van der Waals surface area (Å²) in [7, 11) is 0.